The third-order valence-electron chi connectivity index (χ3n) is 9.53. The lowest BCUT2D eigenvalue weighted by molar-refractivity contribution is -0.663. The molecule has 48 heavy (non-hydrogen) atoms. The van der Waals surface area contributed by atoms with Crippen LogP contribution in [0.4, 0.5) is 11.6 Å². The number of hydrogen-bond acceptors (Lipinski definition) is 8. The first-order valence-electron chi connectivity index (χ1n) is 17.3. The third-order valence-corrected chi connectivity index (χ3v) is 13.8. The van der Waals surface area contributed by atoms with Gasteiger partial charge in [-0.2, -0.15) is 0 Å². The summed E-state index contributed by atoms with van der Waals surface area (Å²) in [5.41, 5.74) is 2.59. The Morgan fingerprint density at radius 3 is 1.31 bits per heavy atom. The van der Waals surface area contributed by atoms with Crippen molar-refractivity contribution >= 4 is 76.3 Å². The average molecular weight is 711 g/mol. The molecular formula is C38H42N6S4+2. The normalized spacial score (nSPS) is 16.0. The van der Waals surface area contributed by atoms with Crippen LogP contribution < -0.4 is 18.9 Å². The molecule has 2 fully saturated rings. The fraction of sp³-hybridized carbons (Fsp3) is 0.368. The van der Waals surface area contributed by atoms with Crippen molar-refractivity contribution in [2.75, 3.05) is 36.0 Å². The first-order valence-corrected chi connectivity index (χ1v) is 21.2. The molecule has 4 aromatic heterocycles. The molecule has 0 radical (unpaired) electrons. The molecular weight excluding hydrogens is 669 g/mol. The molecule has 6 heterocycles. The molecule has 2 aliphatic rings. The molecule has 6 aromatic rings. The van der Waals surface area contributed by atoms with Gasteiger partial charge in [-0.05, 0) is 93.9 Å². The molecule has 0 bridgehead atoms. The smallest absolute Gasteiger partial charge is 0.290 e. The summed E-state index contributed by atoms with van der Waals surface area (Å²) in [4.78, 5) is 20.1. The Morgan fingerprint density at radius 2 is 0.917 bits per heavy atom. The Morgan fingerprint density at radius 1 is 0.521 bits per heavy atom. The standard InChI is InChI=1S/C38H42N6S4/c1-2-6-20-41(19-5-1)35-33-17-23-45-37(33)43(27-39-35)25-29-9-13-31(14-10-29)47-48-32-15-11-30(12-16-32)26-44-28-40-36(34-18-24-46-38(34)44)42-21-7-3-4-8-22-42/h9-18,23-24,27-28H,1-8,19-22,25-26H2/q+2. The lowest BCUT2D eigenvalue weighted by atomic mass is 10.2. The van der Waals surface area contributed by atoms with E-state index in [0.29, 0.717) is 0 Å². The monoisotopic (exact) mass is 710 g/mol. The average Bonchev–Trinajstić information content (AvgIpc) is 3.65. The predicted molar refractivity (Wildman–Crippen MR) is 204 cm³/mol. The number of fused-ring (bicyclic) bond motifs is 2. The molecule has 6 nitrogen and oxygen atoms in total. The zero-order valence-electron chi connectivity index (χ0n) is 27.3. The van der Waals surface area contributed by atoms with Crippen molar-refractivity contribution in [3.63, 3.8) is 0 Å². The first-order chi connectivity index (χ1) is 23.8. The van der Waals surface area contributed by atoms with Gasteiger partial charge < -0.3 is 9.80 Å². The van der Waals surface area contributed by atoms with E-state index in [-0.39, 0.29) is 0 Å². The number of thiophene rings is 2. The lowest BCUT2D eigenvalue weighted by Gasteiger charge is -2.18. The summed E-state index contributed by atoms with van der Waals surface area (Å²) in [6.45, 7) is 6.13. The topological polar surface area (TPSA) is 40.0 Å². The molecule has 0 N–H and O–H groups in total. The highest BCUT2D eigenvalue weighted by Gasteiger charge is 2.23. The number of anilines is 2. The molecule has 0 unspecified atom stereocenters. The highest BCUT2D eigenvalue weighted by molar-refractivity contribution is 8.76. The molecule has 8 rings (SSSR count). The number of aromatic nitrogens is 4. The van der Waals surface area contributed by atoms with Crippen LogP contribution in [0.2, 0.25) is 0 Å². The fourth-order valence-electron chi connectivity index (χ4n) is 6.97. The van der Waals surface area contributed by atoms with Crippen molar-refractivity contribution in [3.05, 3.63) is 95.2 Å². The van der Waals surface area contributed by atoms with Gasteiger partial charge in [-0.1, -0.05) is 71.5 Å². The highest BCUT2D eigenvalue weighted by atomic mass is 33.1. The van der Waals surface area contributed by atoms with E-state index < -0.39 is 0 Å². The summed E-state index contributed by atoms with van der Waals surface area (Å²) in [5.74, 6) is 2.32. The van der Waals surface area contributed by atoms with Crippen molar-refractivity contribution < 1.29 is 9.13 Å². The molecule has 246 valence electrons. The van der Waals surface area contributed by atoms with Crippen molar-refractivity contribution in [2.45, 2.75) is 74.2 Å². The summed E-state index contributed by atoms with van der Waals surface area (Å²) in [7, 11) is 3.63. The van der Waals surface area contributed by atoms with E-state index in [9.17, 15) is 0 Å². The first kappa shape index (κ1) is 32.0. The van der Waals surface area contributed by atoms with E-state index in [4.69, 9.17) is 9.97 Å². The van der Waals surface area contributed by atoms with Crippen molar-refractivity contribution in [3.8, 4) is 0 Å². The highest BCUT2D eigenvalue weighted by Crippen LogP contribution is 2.37. The third kappa shape index (κ3) is 7.22. The minimum Gasteiger partial charge on any atom is -0.335 e. The van der Waals surface area contributed by atoms with Gasteiger partial charge in [0.1, 0.15) is 23.9 Å². The summed E-state index contributed by atoms with van der Waals surface area (Å²) in [6.07, 6.45) is 14.5. The second-order valence-corrected chi connectivity index (χ2v) is 17.0. The van der Waals surface area contributed by atoms with Crippen LogP contribution in [-0.2, 0) is 13.1 Å². The quantitative estimate of drug-likeness (QED) is 0.110. The summed E-state index contributed by atoms with van der Waals surface area (Å²) in [6, 6.07) is 22.5. The van der Waals surface area contributed by atoms with E-state index in [1.165, 1.54) is 92.7 Å². The van der Waals surface area contributed by atoms with Gasteiger partial charge in [-0.25, -0.2) is 9.13 Å². The summed E-state index contributed by atoms with van der Waals surface area (Å²) >= 11 is 3.63. The van der Waals surface area contributed by atoms with Crippen LogP contribution in [-0.4, -0.2) is 36.1 Å². The Balaban J connectivity index is 0.881. The van der Waals surface area contributed by atoms with Crippen LogP contribution in [0, 0.1) is 0 Å². The van der Waals surface area contributed by atoms with Gasteiger partial charge >= 0.3 is 0 Å². The maximum atomic E-state index is 4.97. The predicted octanol–water partition coefficient (Wildman–Crippen LogP) is 9.14. The van der Waals surface area contributed by atoms with Gasteiger partial charge in [0.2, 0.25) is 0 Å². The van der Waals surface area contributed by atoms with Gasteiger partial charge in [0.25, 0.3) is 24.3 Å². The second-order valence-electron chi connectivity index (χ2n) is 12.9. The van der Waals surface area contributed by atoms with Crippen LogP contribution in [0.1, 0.15) is 62.5 Å². The van der Waals surface area contributed by atoms with Crippen LogP contribution in [0.15, 0.2) is 93.9 Å². The molecule has 0 amide bonds. The molecule has 0 saturated carbocycles. The molecule has 2 aliphatic heterocycles. The van der Waals surface area contributed by atoms with Gasteiger partial charge in [0, 0.05) is 36.0 Å². The van der Waals surface area contributed by atoms with Crippen LogP contribution in [0.25, 0.3) is 20.4 Å². The van der Waals surface area contributed by atoms with Crippen molar-refractivity contribution in [1.82, 2.24) is 9.97 Å². The zero-order chi connectivity index (χ0) is 32.1. The van der Waals surface area contributed by atoms with Gasteiger partial charge in [0.15, 0.2) is 9.66 Å². The molecule has 2 saturated heterocycles. The molecule has 0 spiro atoms. The van der Waals surface area contributed by atoms with Crippen LogP contribution >= 0.6 is 44.3 Å². The minimum absolute atomic E-state index is 0.830. The molecule has 0 atom stereocenters. The molecule has 0 aliphatic carbocycles. The molecule has 10 heteroatoms. The summed E-state index contributed by atoms with van der Waals surface area (Å²) < 4.78 is 4.61. The second kappa shape index (κ2) is 15.2. The SMILES string of the molecule is c1cc2c(N3CCCCCC3)nc[n+](Cc3ccc(SSc4ccc(C[n+]5cnc(N6CCCCCC6)c6ccsc65)cc4)cc3)c2s1. The van der Waals surface area contributed by atoms with Gasteiger partial charge in [0.05, 0.1) is 0 Å². The number of rotatable bonds is 9. The lowest BCUT2D eigenvalue weighted by Crippen LogP contribution is -2.36. The molecule has 2 aromatic carbocycles. The van der Waals surface area contributed by atoms with Crippen molar-refractivity contribution in [2.24, 2.45) is 0 Å². The van der Waals surface area contributed by atoms with Crippen LogP contribution in [0.5, 0.6) is 0 Å². The number of nitrogens with zero attached hydrogens (tertiary/aromatic N) is 6. The fourth-order valence-corrected chi connectivity index (χ4v) is 10.6. The number of hydrogen-bond donors (Lipinski definition) is 0. The Kier molecular flexibility index (Phi) is 10.1. The van der Waals surface area contributed by atoms with E-state index >= 15 is 0 Å². The van der Waals surface area contributed by atoms with E-state index in [1.807, 2.05) is 56.9 Å². The van der Waals surface area contributed by atoms with Gasteiger partial charge in [-0.15, -0.1) is 22.7 Å². The van der Waals surface area contributed by atoms with E-state index in [2.05, 4.69) is 90.4 Å². The van der Waals surface area contributed by atoms with Crippen LogP contribution in [0.3, 0.4) is 0 Å². The maximum absolute atomic E-state index is 4.97. The Hall–Kier alpha value is -3.18. The minimum atomic E-state index is 0.830. The van der Waals surface area contributed by atoms with Gasteiger partial charge in [-0.3, -0.25) is 0 Å². The summed E-state index contributed by atoms with van der Waals surface area (Å²) in [5, 5.41) is 6.99. The Labute approximate surface area is 299 Å². The zero-order valence-corrected chi connectivity index (χ0v) is 30.6. The largest absolute Gasteiger partial charge is 0.335 e. The maximum Gasteiger partial charge on any atom is 0.290 e. The Bertz CT molecular complexity index is 1810. The van der Waals surface area contributed by atoms with E-state index in [0.717, 1.165) is 50.9 Å². The van der Waals surface area contributed by atoms with Crippen molar-refractivity contribution in [1.29, 1.82) is 0 Å². The number of benzene rings is 2. The van der Waals surface area contributed by atoms with E-state index in [1.54, 1.807) is 0 Å².